The van der Waals surface area contributed by atoms with Gasteiger partial charge in [0.25, 0.3) is 0 Å². The molecule has 1 aliphatic carbocycles. The fourth-order valence-electron chi connectivity index (χ4n) is 2.65. The van der Waals surface area contributed by atoms with Gasteiger partial charge in [0.15, 0.2) is 0 Å². The van der Waals surface area contributed by atoms with E-state index in [1.807, 2.05) is 0 Å². The number of hydrogen-bond acceptors (Lipinski definition) is 2. The van der Waals surface area contributed by atoms with E-state index in [0.717, 1.165) is 25.7 Å². The van der Waals surface area contributed by atoms with Gasteiger partial charge in [-0.1, -0.05) is 0 Å². The average Bonchev–Trinajstić information content (AvgIpc) is 2.35. The maximum Gasteiger partial charge on any atom is 0.302 e. The first-order valence-electron chi connectivity index (χ1n) is 6.60. The van der Waals surface area contributed by atoms with E-state index in [-0.39, 0.29) is 23.6 Å². The number of carbonyl (C=O) groups excluding carboxylic acids is 1. The fourth-order valence-corrected chi connectivity index (χ4v) is 2.65. The van der Waals surface area contributed by atoms with E-state index in [1.54, 1.807) is 0 Å². The SMILES string of the molecule is CC(=O)OC1CCC(c2cc(F)c(C)c(F)c2)CC1. The van der Waals surface area contributed by atoms with E-state index in [1.165, 1.54) is 26.0 Å². The second kappa shape index (κ2) is 5.68. The highest BCUT2D eigenvalue weighted by atomic mass is 19.1. The number of halogens is 2. The number of rotatable bonds is 2. The van der Waals surface area contributed by atoms with E-state index in [0.29, 0.717) is 5.56 Å². The van der Waals surface area contributed by atoms with Crippen LogP contribution < -0.4 is 0 Å². The molecule has 4 heteroatoms. The summed E-state index contributed by atoms with van der Waals surface area (Å²) in [7, 11) is 0. The molecule has 0 radical (unpaired) electrons. The van der Waals surface area contributed by atoms with Crippen molar-refractivity contribution in [2.75, 3.05) is 0 Å². The number of esters is 1. The van der Waals surface area contributed by atoms with Crippen LogP contribution in [0.25, 0.3) is 0 Å². The van der Waals surface area contributed by atoms with Crippen LogP contribution in [0.2, 0.25) is 0 Å². The van der Waals surface area contributed by atoms with Crippen molar-refractivity contribution in [2.24, 2.45) is 0 Å². The molecule has 0 aliphatic heterocycles. The lowest BCUT2D eigenvalue weighted by molar-refractivity contribution is -0.147. The van der Waals surface area contributed by atoms with E-state index >= 15 is 0 Å². The molecule has 0 unspecified atom stereocenters. The molecule has 19 heavy (non-hydrogen) atoms. The van der Waals surface area contributed by atoms with Crippen molar-refractivity contribution in [3.05, 3.63) is 34.9 Å². The smallest absolute Gasteiger partial charge is 0.302 e. The minimum Gasteiger partial charge on any atom is -0.463 e. The Hall–Kier alpha value is -1.45. The minimum absolute atomic E-state index is 0.0473. The highest BCUT2D eigenvalue weighted by molar-refractivity contribution is 5.66. The van der Waals surface area contributed by atoms with Gasteiger partial charge in [0.05, 0.1) is 0 Å². The van der Waals surface area contributed by atoms with E-state index < -0.39 is 11.6 Å². The lowest BCUT2D eigenvalue weighted by atomic mass is 9.82. The highest BCUT2D eigenvalue weighted by Crippen LogP contribution is 2.35. The van der Waals surface area contributed by atoms with Crippen molar-refractivity contribution >= 4 is 5.97 Å². The molecular formula is C15H18F2O2. The van der Waals surface area contributed by atoms with Crippen LogP contribution in [0.5, 0.6) is 0 Å². The number of ether oxygens (including phenoxy) is 1. The summed E-state index contributed by atoms with van der Waals surface area (Å²) in [6.07, 6.45) is 3.04. The lowest BCUT2D eigenvalue weighted by Gasteiger charge is -2.28. The maximum atomic E-state index is 13.5. The van der Waals surface area contributed by atoms with E-state index in [2.05, 4.69) is 0 Å². The number of carbonyl (C=O) groups is 1. The van der Waals surface area contributed by atoms with Gasteiger partial charge in [0, 0.05) is 12.5 Å². The second-order valence-corrected chi connectivity index (χ2v) is 5.19. The Morgan fingerprint density at radius 2 is 1.68 bits per heavy atom. The molecule has 0 aromatic heterocycles. The van der Waals surface area contributed by atoms with Crippen LogP contribution in [0.3, 0.4) is 0 Å². The summed E-state index contributed by atoms with van der Waals surface area (Å²) < 4.78 is 32.2. The first-order valence-corrected chi connectivity index (χ1v) is 6.60. The molecule has 0 saturated heterocycles. The van der Waals surface area contributed by atoms with Crippen molar-refractivity contribution in [2.45, 2.75) is 51.6 Å². The van der Waals surface area contributed by atoms with Crippen molar-refractivity contribution in [3.8, 4) is 0 Å². The van der Waals surface area contributed by atoms with Crippen molar-refractivity contribution in [1.29, 1.82) is 0 Å². The fraction of sp³-hybridized carbons (Fsp3) is 0.533. The monoisotopic (exact) mass is 268 g/mol. The maximum absolute atomic E-state index is 13.5. The van der Waals surface area contributed by atoms with Gasteiger partial charge < -0.3 is 4.74 Å². The quantitative estimate of drug-likeness (QED) is 0.761. The van der Waals surface area contributed by atoms with Gasteiger partial charge in [-0.2, -0.15) is 0 Å². The summed E-state index contributed by atoms with van der Waals surface area (Å²) in [6, 6.07) is 2.85. The largest absolute Gasteiger partial charge is 0.463 e. The normalized spacial score (nSPS) is 23.2. The third-order valence-corrected chi connectivity index (χ3v) is 3.78. The predicted octanol–water partition coefficient (Wildman–Crippen LogP) is 3.86. The van der Waals surface area contributed by atoms with Crippen LogP contribution in [0.15, 0.2) is 12.1 Å². The Morgan fingerprint density at radius 3 is 2.16 bits per heavy atom. The average molecular weight is 268 g/mol. The van der Waals surface area contributed by atoms with Gasteiger partial charge in [-0.3, -0.25) is 4.79 Å². The van der Waals surface area contributed by atoms with Crippen LogP contribution in [0, 0.1) is 18.6 Å². The molecule has 0 spiro atoms. The summed E-state index contributed by atoms with van der Waals surface area (Å²) in [6.45, 7) is 2.84. The van der Waals surface area contributed by atoms with Gasteiger partial charge in [0.1, 0.15) is 17.7 Å². The molecule has 1 saturated carbocycles. The summed E-state index contributed by atoms with van der Waals surface area (Å²) in [4.78, 5) is 10.9. The Balaban J connectivity index is 2.03. The molecular weight excluding hydrogens is 250 g/mol. The highest BCUT2D eigenvalue weighted by Gasteiger charge is 2.25. The Bertz CT molecular complexity index is 454. The topological polar surface area (TPSA) is 26.3 Å². The molecule has 0 atom stereocenters. The van der Waals surface area contributed by atoms with Crippen molar-refractivity contribution < 1.29 is 18.3 Å². The van der Waals surface area contributed by atoms with Gasteiger partial charge in [-0.05, 0) is 56.2 Å². The van der Waals surface area contributed by atoms with Crippen LogP contribution in [0.1, 0.15) is 49.7 Å². The van der Waals surface area contributed by atoms with Crippen LogP contribution in [-0.4, -0.2) is 12.1 Å². The minimum atomic E-state index is -0.489. The summed E-state index contributed by atoms with van der Waals surface area (Å²) in [5.41, 5.74) is 0.777. The zero-order valence-corrected chi connectivity index (χ0v) is 11.2. The first kappa shape index (κ1) is 14.0. The van der Waals surface area contributed by atoms with Gasteiger partial charge in [0.2, 0.25) is 0 Å². The molecule has 1 aromatic rings. The lowest BCUT2D eigenvalue weighted by Crippen LogP contribution is -2.22. The molecule has 104 valence electrons. The second-order valence-electron chi connectivity index (χ2n) is 5.19. The molecule has 0 bridgehead atoms. The molecule has 1 aromatic carbocycles. The summed E-state index contributed by atoms with van der Waals surface area (Å²) >= 11 is 0. The van der Waals surface area contributed by atoms with Crippen LogP contribution >= 0.6 is 0 Å². The van der Waals surface area contributed by atoms with Gasteiger partial charge in [-0.25, -0.2) is 8.78 Å². The predicted molar refractivity (Wildman–Crippen MR) is 67.9 cm³/mol. The van der Waals surface area contributed by atoms with Crippen LogP contribution in [0.4, 0.5) is 8.78 Å². The van der Waals surface area contributed by atoms with E-state index in [4.69, 9.17) is 4.74 Å². The zero-order valence-electron chi connectivity index (χ0n) is 11.2. The number of hydrogen-bond donors (Lipinski definition) is 0. The molecule has 0 N–H and O–H groups in total. The summed E-state index contributed by atoms with van der Waals surface area (Å²) in [5.74, 6) is -1.10. The van der Waals surface area contributed by atoms with Gasteiger partial charge >= 0.3 is 5.97 Å². The zero-order chi connectivity index (χ0) is 14.0. The third-order valence-electron chi connectivity index (χ3n) is 3.78. The van der Waals surface area contributed by atoms with Crippen molar-refractivity contribution in [1.82, 2.24) is 0 Å². The summed E-state index contributed by atoms with van der Waals surface area (Å²) in [5, 5.41) is 0. The Kier molecular flexibility index (Phi) is 4.17. The third kappa shape index (κ3) is 3.31. The molecule has 2 rings (SSSR count). The Labute approximate surface area is 111 Å². The molecule has 0 amide bonds. The molecule has 1 aliphatic rings. The standard InChI is InChI=1S/C15H18F2O2/c1-9-14(16)7-12(8-15(9)17)11-3-5-13(6-4-11)19-10(2)18/h7-8,11,13H,3-6H2,1-2H3. The van der Waals surface area contributed by atoms with Crippen LogP contribution in [-0.2, 0) is 9.53 Å². The molecule has 0 heterocycles. The molecule has 1 fully saturated rings. The Morgan fingerprint density at radius 1 is 1.16 bits per heavy atom. The number of benzene rings is 1. The first-order chi connectivity index (χ1) is 8.97. The van der Waals surface area contributed by atoms with Crippen molar-refractivity contribution in [3.63, 3.8) is 0 Å². The van der Waals surface area contributed by atoms with E-state index in [9.17, 15) is 13.6 Å². The van der Waals surface area contributed by atoms with Gasteiger partial charge in [-0.15, -0.1) is 0 Å². The molecule has 2 nitrogen and oxygen atoms in total.